The summed E-state index contributed by atoms with van der Waals surface area (Å²) in [6, 6.07) is 4.90. The Balaban J connectivity index is 2.05. The van der Waals surface area contributed by atoms with Crippen molar-refractivity contribution in [2.24, 2.45) is 0 Å². The number of hydrogen-bond acceptors (Lipinski definition) is 4. The number of halogens is 2. The molecule has 0 aromatic heterocycles. The van der Waals surface area contributed by atoms with Crippen molar-refractivity contribution in [1.82, 2.24) is 4.90 Å². The maximum Gasteiger partial charge on any atom is 0.236 e. The SMILES string of the molecule is CN1CC(Oc2ccc(CS(=O)(=O)Cl)cc2Cl)C1. The first-order valence-electron chi connectivity index (χ1n) is 5.39. The standard InChI is InChI=1S/C11H13Cl2NO3S/c1-14-5-9(6-14)17-11-3-2-8(4-10(11)12)7-18(13,15)16/h2-4,9H,5-7H2,1H3. The molecule has 1 aliphatic heterocycles. The zero-order valence-electron chi connectivity index (χ0n) is 9.77. The minimum absolute atomic E-state index is 0.148. The third-order valence-corrected chi connectivity index (χ3v) is 3.96. The first kappa shape index (κ1) is 13.9. The summed E-state index contributed by atoms with van der Waals surface area (Å²) in [5.41, 5.74) is 0.549. The van der Waals surface area contributed by atoms with Crippen molar-refractivity contribution >= 4 is 31.3 Å². The second kappa shape index (κ2) is 5.25. The molecule has 0 radical (unpaired) electrons. The Morgan fingerprint density at radius 2 is 2.11 bits per heavy atom. The molecule has 0 bridgehead atoms. The lowest BCUT2D eigenvalue weighted by atomic mass is 10.2. The minimum atomic E-state index is -3.56. The topological polar surface area (TPSA) is 46.6 Å². The Labute approximate surface area is 116 Å². The summed E-state index contributed by atoms with van der Waals surface area (Å²) >= 11 is 6.04. The fourth-order valence-electron chi connectivity index (χ4n) is 1.82. The largest absolute Gasteiger partial charge is 0.486 e. The second-order valence-corrected chi connectivity index (χ2v) is 7.59. The van der Waals surface area contributed by atoms with Crippen LogP contribution in [-0.2, 0) is 14.8 Å². The molecule has 2 rings (SSSR count). The van der Waals surface area contributed by atoms with Gasteiger partial charge in [0, 0.05) is 23.8 Å². The third-order valence-electron chi connectivity index (χ3n) is 2.66. The average Bonchev–Trinajstić information content (AvgIpc) is 2.17. The lowest BCUT2D eigenvalue weighted by Crippen LogP contribution is -2.51. The first-order chi connectivity index (χ1) is 8.33. The van der Waals surface area contributed by atoms with Crippen LogP contribution in [0.1, 0.15) is 5.56 Å². The van der Waals surface area contributed by atoms with Gasteiger partial charge < -0.3 is 4.74 Å². The molecule has 1 aliphatic rings. The van der Waals surface area contributed by atoms with E-state index in [1.165, 1.54) is 0 Å². The molecule has 1 aromatic rings. The number of ether oxygens (including phenoxy) is 1. The summed E-state index contributed by atoms with van der Waals surface area (Å²) in [5, 5.41) is 0.405. The quantitative estimate of drug-likeness (QED) is 0.799. The Morgan fingerprint density at radius 1 is 1.44 bits per heavy atom. The van der Waals surface area contributed by atoms with Gasteiger partial charge in [-0.1, -0.05) is 17.7 Å². The van der Waals surface area contributed by atoms with Crippen LogP contribution in [0.5, 0.6) is 5.75 Å². The highest BCUT2D eigenvalue weighted by atomic mass is 35.7. The number of rotatable bonds is 4. The van der Waals surface area contributed by atoms with Crippen LogP contribution in [0.3, 0.4) is 0 Å². The molecular weight excluding hydrogens is 297 g/mol. The van der Waals surface area contributed by atoms with Crippen molar-refractivity contribution in [2.45, 2.75) is 11.9 Å². The predicted octanol–water partition coefficient (Wildman–Crippen LogP) is 2.10. The van der Waals surface area contributed by atoms with Crippen LogP contribution >= 0.6 is 22.3 Å². The van der Waals surface area contributed by atoms with E-state index in [-0.39, 0.29) is 11.9 Å². The number of nitrogens with zero attached hydrogens (tertiary/aromatic N) is 1. The van der Waals surface area contributed by atoms with E-state index in [2.05, 4.69) is 4.90 Å². The maximum absolute atomic E-state index is 11.0. The van der Waals surface area contributed by atoms with Crippen molar-refractivity contribution in [1.29, 1.82) is 0 Å². The summed E-state index contributed by atoms with van der Waals surface area (Å²) in [5.74, 6) is 0.339. The van der Waals surface area contributed by atoms with E-state index in [1.807, 2.05) is 7.05 Å². The number of likely N-dealkylation sites (tertiary alicyclic amines) is 1. The molecule has 1 fully saturated rings. The molecule has 0 spiro atoms. The summed E-state index contributed by atoms with van der Waals surface area (Å²) in [7, 11) is 3.63. The number of benzene rings is 1. The Bertz CT molecular complexity index is 541. The van der Waals surface area contributed by atoms with Gasteiger partial charge >= 0.3 is 0 Å². The molecule has 4 nitrogen and oxygen atoms in total. The lowest BCUT2D eigenvalue weighted by Gasteiger charge is -2.36. The molecule has 0 saturated carbocycles. The molecular formula is C11H13Cl2NO3S. The zero-order chi connectivity index (χ0) is 13.3. The van der Waals surface area contributed by atoms with Crippen LogP contribution in [0.15, 0.2) is 18.2 Å². The lowest BCUT2D eigenvalue weighted by molar-refractivity contribution is 0.0389. The number of hydrogen-bond donors (Lipinski definition) is 0. The molecule has 18 heavy (non-hydrogen) atoms. The van der Waals surface area contributed by atoms with Crippen LogP contribution in [0.2, 0.25) is 5.02 Å². The molecule has 0 unspecified atom stereocenters. The van der Waals surface area contributed by atoms with Crippen LogP contribution in [0.25, 0.3) is 0 Å². The van der Waals surface area contributed by atoms with Crippen molar-refractivity contribution in [3.63, 3.8) is 0 Å². The average molecular weight is 310 g/mol. The van der Waals surface area contributed by atoms with E-state index in [0.717, 1.165) is 13.1 Å². The van der Waals surface area contributed by atoms with Gasteiger partial charge in [-0.25, -0.2) is 8.42 Å². The smallest absolute Gasteiger partial charge is 0.236 e. The van der Waals surface area contributed by atoms with Gasteiger partial charge in [0.2, 0.25) is 9.05 Å². The van der Waals surface area contributed by atoms with Crippen LogP contribution in [0.4, 0.5) is 0 Å². The minimum Gasteiger partial charge on any atom is -0.486 e. The Kier molecular flexibility index (Phi) is 4.06. The summed E-state index contributed by atoms with van der Waals surface area (Å²) in [6.07, 6.45) is 0.148. The van der Waals surface area contributed by atoms with Crippen molar-refractivity contribution in [3.05, 3.63) is 28.8 Å². The Hall–Kier alpha value is -0.490. The van der Waals surface area contributed by atoms with Crippen LogP contribution in [0, 0.1) is 0 Å². The molecule has 1 heterocycles. The normalized spacial score (nSPS) is 17.5. The van der Waals surface area contributed by atoms with Gasteiger partial charge in [-0.05, 0) is 24.7 Å². The van der Waals surface area contributed by atoms with E-state index >= 15 is 0 Å². The van der Waals surface area contributed by atoms with Gasteiger partial charge in [-0.15, -0.1) is 0 Å². The molecule has 0 atom stereocenters. The highest BCUT2D eigenvalue weighted by molar-refractivity contribution is 8.13. The third kappa shape index (κ3) is 3.75. The Morgan fingerprint density at radius 3 is 2.61 bits per heavy atom. The van der Waals surface area contributed by atoms with Gasteiger partial charge in [0.15, 0.2) is 0 Å². The first-order valence-corrected chi connectivity index (χ1v) is 8.25. The van der Waals surface area contributed by atoms with E-state index in [1.54, 1.807) is 18.2 Å². The van der Waals surface area contributed by atoms with Gasteiger partial charge in [-0.3, -0.25) is 4.90 Å². The molecule has 0 N–H and O–H groups in total. The summed E-state index contributed by atoms with van der Waals surface area (Å²) in [4.78, 5) is 2.13. The second-order valence-electron chi connectivity index (χ2n) is 4.41. The van der Waals surface area contributed by atoms with Gasteiger partial charge in [0.05, 0.1) is 10.8 Å². The summed E-state index contributed by atoms with van der Waals surface area (Å²) < 4.78 is 27.6. The molecule has 1 aromatic carbocycles. The predicted molar refractivity (Wildman–Crippen MR) is 71.8 cm³/mol. The fourth-order valence-corrected chi connectivity index (χ4v) is 3.03. The highest BCUT2D eigenvalue weighted by Gasteiger charge is 2.25. The molecule has 0 aliphatic carbocycles. The molecule has 100 valence electrons. The van der Waals surface area contributed by atoms with Crippen molar-refractivity contribution in [2.75, 3.05) is 20.1 Å². The van der Waals surface area contributed by atoms with E-state index in [0.29, 0.717) is 16.3 Å². The molecule has 0 amide bonds. The molecule has 7 heteroatoms. The van der Waals surface area contributed by atoms with Crippen molar-refractivity contribution < 1.29 is 13.2 Å². The maximum atomic E-state index is 11.0. The zero-order valence-corrected chi connectivity index (χ0v) is 12.1. The summed E-state index contributed by atoms with van der Waals surface area (Å²) in [6.45, 7) is 1.74. The van der Waals surface area contributed by atoms with Gasteiger partial charge in [-0.2, -0.15) is 0 Å². The van der Waals surface area contributed by atoms with E-state index in [4.69, 9.17) is 27.0 Å². The van der Waals surface area contributed by atoms with E-state index < -0.39 is 9.05 Å². The number of likely N-dealkylation sites (N-methyl/N-ethyl adjacent to an activating group) is 1. The van der Waals surface area contributed by atoms with Crippen molar-refractivity contribution in [3.8, 4) is 5.75 Å². The van der Waals surface area contributed by atoms with Gasteiger partial charge in [0.25, 0.3) is 0 Å². The van der Waals surface area contributed by atoms with Gasteiger partial charge in [0.1, 0.15) is 11.9 Å². The monoisotopic (exact) mass is 309 g/mol. The van der Waals surface area contributed by atoms with E-state index in [9.17, 15) is 8.42 Å². The molecule has 1 saturated heterocycles. The van der Waals surface area contributed by atoms with Crippen LogP contribution in [-0.4, -0.2) is 39.6 Å². The highest BCUT2D eigenvalue weighted by Crippen LogP contribution is 2.28. The van der Waals surface area contributed by atoms with Crippen LogP contribution < -0.4 is 4.74 Å². The fraction of sp³-hybridized carbons (Fsp3) is 0.455.